The van der Waals surface area contributed by atoms with Crippen LogP contribution in [0.15, 0.2) is 48.5 Å². The molecule has 126 valence electrons. The standard InChI is InChI=1S/C16H13F3N2O2S/c17-16(18,19)12-3-1-2-4-13(12)21-15(24)20-11-7-5-10(6-8-11)9-14(22)23/h1-8H,9H2,(H,22,23)(H2,20,21,24). The number of benzene rings is 2. The molecular formula is C16H13F3N2O2S. The van der Waals surface area contributed by atoms with Crippen molar-refractivity contribution < 1.29 is 23.1 Å². The molecule has 0 radical (unpaired) electrons. The number of thiocarbonyl (C=S) groups is 1. The van der Waals surface area contributed by atoms with E-state index in [-0.39, 0.29) is 17.2 Å². The molecular weight excluding hydrogens is 341 g/mol. The zero-order valence-electron chi connectivity index (χ0n) is 12.2. The van der Waals surface area contributed by atoms with E-state index in [2.05, 4.69) is 10.6 Å². The molecule has 0 saturated heterocycles. The molecule has 2 aromatic rings. The fraction of sp³-hybridized carbons (Fsp3) is 0.125. The fourth-order valence-corrected chi connectivity index (χ4v) is 2.23. The molecule has 0 fully saturated rings. The molecule has 0 aliphatic carbocycles. The van der Waals surface area contributed by atoms with Crippen LogP contribution in [0, 0.1) is 0 Å². The lowest BCUT2D eigenvalue weighted by molar-refractivity contribution is -0.137. The SMILES string of the molecule is O=C(O)Cc1ccc(NC(=S)Nc2ccccc2C(F)(F)F)cc1. The Kier molecular flexibility index (Phi) is 5.40. The van der Waals surface area contributed by atoms with Crippen LogP contribution in [0.4, 0.5) is 24.5 Å². The van der Waals surface area contributed by atoms with Crippen molar-refractivity contribution in [3.8, 4) is 0 Å². The molecule has 3 N–H and O–H groups in total. The van der Waals surface area contributed by atoms with Crippen LogP contribution in [0.1, 0.15) is 11.1 Å². The molecule has 0 amide bonds. The topological polar surface area (TPSA) is 61.4 Å². The molecule has 0 aromatic heterocycles. The summed E-state index contributed by atoms with van der Waals surface area (Å²) in [6.45, 7) is 0. The van der Waals surface area contributed by atoms with E-state index in [9.17, 15) is 18.0 Å². The predicted octanol–water partition coefficient (Wildman–Crippen LogP) is 4.14. The van der Waals surface area contributed by atoms with E-state index in [1.165, 1.54) is 18.2 Å². The number of carbonyl (C=O) groups is 1. The van der Waals surface area contributed by atoms with Crippen molar-refractivity contribution in [2.75, 3.05) is 10.6 Å². The highest BCUT2D eigenvalue weighted by Crippen LogP contribution is 2.34. The van der Waals surface area contributed by atoms with E-state index in [0.717, 1.165) is 6.07 Å². The molecule has 0 unspecified atom stereocenters. The van der Waals surface area contributed by atoms with Crippen LogP contribution in [0.5, 0.6) is 0 Å². The summed E-state index contributed by atoms with van der Waals surface area (Å²) in [7, 11) is 0. The number of aliphatic carboxylic acids is 1. The predicted molar refractivity (Wildman–Crippen MR) is 89.1 cm³/mol. The molecule has 4 nitrogen and oxygen atoms in total. The lowest BCUT2D eigenvalue weighted by Crippen LogP contribution is -2.21. The first-order valence-corrected chi connectivity index (χ1v) is 7.21. The van der Waals surface area contributed by atoms with Crippen molar-refractivity contribution in [1.29, 1.82) is 0 Å². The lowest BCUT2D eigenvalue weighted by atomic mass is 10.1. The number of carboxylic acid groups (broad SMARTS) is 1. The summed E-state index contributed by atoms with van der Waals surface area (Å²) in [5.41, 5.74) is 0.177. The summed E-state index contributed by atoms with van der Waals surface area (Å²) in [5.74, 6) is -0.948. The molecule has 0 saturated carbocycles. The molecule has 8 heteroatoms. The summed E-state index contributed by atoms with van der Waals surface area (Å²) in [5, 5.41) is 14.0. The molecule has 2 rings (SSSR count). The maximum absolute atomic E-state index is 12.9. The third-order valence-electron chi connectivity index (χ3n) is 3.05. The van der Waals surface area contributed by atoms with Crippen molar-refractivity contribution in [3.63, 3.8) is 0 Å². The van der Waals surface area contributed by atoms with Gasteiger partial charge in [-0.2, -0.15) is 13.2 Å². The van der Waals surface area contributed by atoms with E-state index >= 15 is 0 Å². The monoisotopic (exact) mass is 354 g/mol. The molecule has 0 spiro atoms. The average Bonchev–Trinajstić information content (AvgIpc) is 2.48. The Hall–Kier alpha value is -2.61. The molecule has 2 aromatic carbocycles. The molecule has 0 bridgehead atoms. The van der Waals surface area contributed by atoms with Crippen LogP contribution in [0.3, 0.4) is 0 Å². The summed E-state index contributed by atoms with van der Waals surface area (Å²) in [6.07, 6.45) is -4.60. The second-order valence-electron chi connectivity index (χ2n) is 4.89. The first-order chi connectivity index (χ1) is 11.3. The summed E-state index contributed by atoms with van der Waals surface area (Å²) >= 11 is 5.02. The Labute approximate surface area is 141 Å². The van der Waals surface area contributed by atoms with Gasteiger partial charge in [-0.15, -0.1) is 0 Å². The van der Waals surface area contributed by atoms with Crippen molar-refractivity contribution in [2.24, 2.45) is 0 Å². The second kappa shape index (κ2) is 7.31. The summed E-state index contributed by atoms with van der Waals surface area (Å²) < 4.78 is 38.8. The van der Waals surface area contributed by atoms with E-state index in [1.54, 1.807) is 24.3 Å². The van der Waals surface area contributed by atoms with Crippen molar-refractivity contribution in [1.82, 2.24) is 0 Å². The van der Waals surface area contributed by atoms with Gasteiger partial charge in [-0.25, -0.2) is 0 Å². The Morgan fingerprint density at radius 1 is 1.04 bits per heavy atom. The van der Waals surface area contributed by atoms with Crippen LogP contribution in [0.25, 0.3) is 0 Å². The highest BCUT2D eigenvalue weighted by molar-refractivity contribution is 7.80. The van der Waals surface area contributed by atoms with Gasteiger partial charge in [0.15, 0.2) is 5.11 Å². The van der Waals surface area contributed by atoms with Crippen LogP contribution < -0.4 is 10.6 Å². The quantitative estimate of drug-likeness (QED) is 0.721. The number of anilines is 2. The third kappa shape index (κ3) is 4.95. The average molecular weight is 354 g/mol. The number of hydrogen-bond acceptors (Lipinski definition) is 2. The van der Waals surface area contributed by atoms with Gasteiger partial charge < -0.3 is 15.7 Å². The van der Waals surface area contributed by atoms with Gasteiger partial charge in [0.05, 0.1) is 17.7 Å². The van der Waals surface area contributed by atoms with Gasteiger partial charge in [0.25, 0.3) is 0 Å². The molecule has 0 atom stereocenters. The minimum Gasteiger partial charge on any atom is -0.481 e. The van der Waals surface area contributed by atoms with Gasteiger partial charge in [0, 0.05) is 5.69 Å². The minimum atomic E-state index is -4.49. The molecule has 24 heavy (non-hydrogen) atoms. The van der Waals surface area contributed by atoms with Gasteiger partial charge >= 0.3 is 12.1 Å². The summed E-state index contributed by atoms with van der Waals surface area (Å²) in [4.78, 5) is 10.6. The van der Waals surface area contributed by atoms with Crippen LogP contribution in [-0.2, 0) is 17.4 Å². The van der Waals surface area contributed by atoms with E-state index in [0.29, 0.717) is 11.3 Å². The fourth-order valence-electron chi connectivity index (χ4n) is 2.00. The van der Waals surface area contributed by atoms with Gasteiger partial charge in [0.2, 0.25) is 0 Å². The summed E-state index contributed by atoms with van der Waals surface area (Å²) in [6, 6.07) is 11.4. The van der Waals surface area contributed by atoms with Gasteiger partial charge in [0.1, 0.15) is 0 Å². The Bertz CT molecular complexity index is 746. The third-order valence-corrected chi connectivity index (χ3v) is 3.25. The first-order valence-electron chi connectivity index (χ1n) is 6.80. The molecule has 0 aliphatic rings. The Morgan fingerprint density at radius 2 is 1.67 bits per heavy atom. The second-order valence-corrected chi connectivity index (χ2v) is 5.30. The number of hydrogen-bond donors (Lipinski definition) is 3. The van der Waals surface area contributed by atoms with E-state index in [4.69, 9.17) is 17.3 Å². The van der Waals surface area contributed by atoms with Gasteiger partial charge in [-0.1, -0.05) is 24.3 Å². The smallest absolute Gasteiger partial charge is 0.418 e. The van der Waals surface area contributed by atoms with Crippen molar-refractivity contribution in [2.45, 2.75) is 12.6 Å². The van der Waals surface area contributed by atoms with Crippen LogP contribution >= 0.6 is 12.2 Å². The zero-order chi connectivity index (χ0) is 17.7. The van der Waals surface area contributed by atoms with Gasteiger partial charge in [-0.3, -0.25) is 4.79 Å². The lowest BCUT2D eigenvalue weighted by Gasteiger charge is -2.15. The van der Waals surface area contributed by atoms with E-state index in [1.807, 2.05) is 0 Å². The number of rotatable bonds is 4. The van der Waals surface area contributed by atoms with E-state index < -0.39 is 17.7 Å². The Balaban J connectivity index is 2.05. The number of para-hydroxylation sites is 1. The minimum absolute atomic E-state index is 0.00214. The highest BCUT2D eigenvalue weighted by Gasteiger charge is 2.33. The van der Waals surface area contributed by atoms with Crippen LogP contribution in [-0.4, -0.2) is 16.2 Å². The van der Waals surface area contributed by atoms with Crippen molar-refractivity contribution in [3.05, 3.63) is 59.7 Å². The zero-order valence-corrected chi connectivity index (χ0v) is 13.0. The maximum Gasteiger partial charge on any atom is 0.418 e. The molecule has 0 aliphatic heterocycles. The largest absolute Gasteiger partial charge is 0.481 e. The maximum atomic E-state index is 12.9. The number of carboxylic acids is 1. The number of halogens is 3. The molecule has 0 heterocycles. The number of nitrogens with one attached hydrogen (secondary N) is 2. The number of alkyl halides is 3. The van der Waals surface area contributed by atoms with Crippen LogP contribution in [0.2, 0.25) is 0 Å². The Morgan fingerprint density at radius 3 is 2.25 bits per heavy atom. The van der Waals surface area contributed by atoms with Gasteiger partial charge in [-0.05, 0) is 42.0 Å². The normalized spacial score (nSPS) is 11.0. The first kappa shape index (κ1) is 17.7. The highest BCUT2D eigenvalue weighted by atomic mass is 32.1. The van der Waals surface area contributed by atoms with Crippen molar-refractivity contribution >= 4 is 34.7 Å².